The summed E-state index contributed by atoms with van der Waals surface area (Å²) in [6, 6.07) is 7.46. The van der Waals surface area contributed by atoms with Gasteiger partial charge in [0.05, 0.1) is 6.61 Å². The van der Waals surface area contributed by atoms with Crippen molar-refractivity contribution in [3.63, 3.8) is 0 Å². The van der Waals surface area contributed by atoms with Crippen LogP contribution in [0.25, 0.3) is 0 Å². The van der Waals surface area contributed by atoms with Gasteiger partial charge in [-0.3, -0.25) is 4.99 Å². The van der Waals surface area contributed by atoms with E-state index in [4.69, 9.17) is 10.5 Å². The summed E-state index contributed by atoms with van der Waals surface area (Å²) in [6.45, 7) is 11.9. The van der Waals surface area contributed by atoms with Gasteiger partial charge in [-0.05, 0) is 69.9 Å². The Morgan fingerprint density at radius 2 is 1.94 bits per heavy atom. The molecule has 0 amide bonds. The van der Waals surface area contributed by atoms with Crippen molar-refractivity contribution in [2.75, 3.05) is 33.3 Å². The average molecular weight is 443 g/mol. The first-order valence-electron chi connectivity index (χ1n) is 11.9. The highest BCUT2D eigenvalue weighted by Crippen LogP contribution is 2.21. The highest BCUT2D eigenvalue weighted by atomic mass is 16.5. The van der Waals surface area contributed by atoms with Gasteiger partial charge in [0.1, 0.15) is 17.3 Å². The standard InChI is InChI=1S/C26H42N4O2/c1-6-8-21(18-32-24-11-9-23(31)10-12-24)17-29-22-13-15-30(16-14-22)26(28-5)25(20(4)27)19(3)7-2/h7,9-12,21-22,29,31H,6,8,13-18,27H2,1-5H3/b19-7-,25-20-,28-26?. The largest absolute Gasteiger partial charge is 0.508 e. The SMILES string of the molecule is C/C=C(C)\C(C(=NC)N1CCC(NCC(CCC)COc2ccc(O)cc2)CC1)=C(/C)N. The summed E-state index contributed by atoms with van der Waals surface area (Å²) in [7, 11) is 1.86. The van der Waals surface area contributed by atoms with Crippen LogP contribution in [0.1, 0.15) is 53.4 Å². The van der Waals surface area contributed by atoms with Crippen LogP contribution >= 0.6 is 0 Å². The van der Waals surface area contributed by atoms with E-state index < -0.39 is 0 Å². The van der Waals surface area contributed by atoms with Crippen molar-refractivity contribution in [2.24, 2.45) is 16.6 Å². The number of nitrogens with two attached hydrogens (primary N) is 1. The summed E-state index contributed by atoms with van der Waals surface area (Å²) in [6.07, 6.45) is 6.53. The number of aromatic hydroxyl groups is 1. The Bertz CT molecular complexity index is 787. The number of nitrogens with one attached hydrogen (secondary N) is 1. The topological polar surface area (TPSA) is 83.1 Å². The van der Waals surface area contributed by atoms with Crippen LogP contribution in [-0.2, 0) is 0 Å². The zero-order valence-electron chi connectivity index (χ0n) is 20.5. The zero-order valence-corrected chi connectivity index (χ0v) is 20.5. The Balaban J connectivity index is 1.86. The van der Waals surface area contributed by atoms with Gasteiger partial charge in [-0.2, -0.15) is 0 Å². The molecule has 0 aromatic heterocycles. The van der Waals surface area contributed by atoms with Crippen LogP contribution in [0.5, 0.6) is 11.5 Å². The number of phenolic OH excluding ortho intramolecular Hbond substituents is 1. The molecule has 6 heteroatoms. The molecule has 0 radical (unpaired) electrons. The number of ether oxygens (including phenoxy) is 1. The lowest BCUT2D eigenvalue weighted by atomic mass is 9.98. The molecule has 0 bridgehead atoms. The Morgan fingerprint density at radius 1 is 1.28 bits per heavy atom. The van der Waals surface area contributed by atoms with Gasteiger partial charge in [-0.1, -0.05) is 19.4 Å². The maximum absolute atomic E-state index is 9.42. The van der Waals surface area contributed by atoms with Gasteiger partial charge in [0.25, 0.3) is 0 Å². The van der Waals surface area contributed by atoms with Crippen molar-refractivity contribution >= 4 is 5.84 Å². The summed E-state index contributed by atoms with van der Waals surface area (Å²) in [5.41, 5.74) is 9.26. The van der Waals surface area contributed by atoms with Gasteiger partial charge in [-0.15, -0.1) is 0 Å². The van der Waals surface area contributed by atoms with E-state index in [2.05, 4.69) is 35.1 Å². The molecule has 4 N–H and O–H groups in total. The van der Waals surface area contributed by atoms with Crippen molar-refractivity contribution in [2.45, 2.75) is 59.4 Å². The lowest BCUT2D eigenvalue weighted by molar-refractivity contribution is 0.217. The summed E-state index contributed by atoms with van der Waals surface area (Å²) in [4.78, 5) is 6.97. The molecular formula is C26H42N4O2. The Morgan fingerprint density at radius 3 is 2.47 bits per heavy atom. The third-order valence-corrected chi connectivity index (χ3v) is 6.17. The molecule has 1 aliphatic rings. The highest BCUT2D eigenvalue weighted by Gasteiger charge is 2.25. The van der Waals surface area contributed by atoms with Gasteiger partial charge in [-0.25, -0.2) is 0 Å². The monoisotopic (exact) mass is 442 g/mol. The van der Waals surface area contributed by atoms with Crippen LogP contribution in [0.4, 0.5) is 0 Å². The number of hydrogen-bond donors (Lipinski definition) is 3. The Labute approximate surface area is 194 Å². The van der Waals surface area contributed by atoms with Crippen LogP contribution in [0.15, 0.2) is 52.2 Å². The van der Waals surface area contributed by atoms with Crippen LogP contribution in [0.3, 0.4) is 0 Å². The minimum atomic E-state index is 0.261. The normalized spacial score (nSPS) is 17.8. The lowest BCUT2D eigenvalue weighted by Crippen LogP contribution is -2.47. The van der Waals surface area contributed by atoms with Crippen molar-refractivity contribution < 1.29 is 9.84 Å². The number of likely N-dealkylation sites (tertiary alicyclic amines) is 1. The van der Waals surface area contributed by atoms with Gasteiger partial charge >= 0.3 is 0 Å². The first kappa shape index (κ1) is 25.8. The smallest absolute Gasteiger partial charge is 0.132 e. The maximum Gasteiger partial charge on any atom is 0.132 e. The number of piperidine rings is 1. The molecule has 2 rings (SSSR count). The van der Waals surface area contributed by atoms with Gasteiger partial charge in [0.2, 0.25) is 0 Å². The predicted molar refractivity (Wildman–Crippen MR) is 134 cm³/mol. The maximum atomic E-state index is 9.42. The summed E-state index contributed by atoms with van der Waals surface area (Å²) < 4.78 is 5.96. The molecule has 0 aliphatic carbocycles. The Kier molecular flexibility index (Phi) is 10.6. The number of phenols is 1. The molecule has 32 heavy (non-hydrogen) atoms. The van der Waals surface area contributed by atoms with Crippen LogP contribution in [0.2, 0.25) is 0 Å². The number of rotatable bonds is 10. The molecule has 1 fully saturated rings. The number of allylic oxidation sites excluding steroid dienone is 2. The molecular weight excluding hydrogens is 400 g/mol. The second kappa shape index (κ2) is 13.2. The van der Waals surface area contributed by atoms with E-state index in [1.165, 1.54) is 5.57 Å². The number of amidine groups is 1. The number of aliphatic imine (C=N–C) groups is 1. The molecule has 1 aromatic carbocycles. The lowest BCUT2D eigenvalue weighted by Gasteiger charge is -2.36. The molecule has 1 unspecified atom stereocenters. The van der Waals surface area contributed by atoms with E-state index in [0.29, 0.717) is 18.6 Å². The van der Waals surface area contributed by atoms with Crippen molar-refractivity contribution in [3.05, 3.63) is 47.2 Å². The fourth-order valence-electron chi connectivity index (χ4n) is 4.26. The number of nitrogens with zero attached hydrogens (tertiary/aromatic N) is 2. The first-order chi connectivity index (χ1) is 15.4. The van der Waals surface area contributed by atoms with E-state index in [1.54, 1.807) is 12.1 Å². The minimum absolute atomic E-state index is 0.261. The van der Waals surface area contributed by atoms with Crippen molar-refractivity contribution in [1.82, 2.24) is 10.2 Å². The van der Waals surface area contributed by atoms with E-state index in [0.717, 1.165) is 68.2 Å². The summed E-state index contributed by atoms with van der Waals surface area (Å²) in [5.74, 6) is 2.53. The third-order valence-electron chi connectivity index (χ3n) is 6.17. The van der Waals surface area contributed by atoms with E-state index >= 15 is 0 Å². The molecule has 1 aliphatic heterocycles. The molecule has 1 saturated heterocycles. The summed E-state index contributed by atoms with van der Waals surface area (Å²) in [5, 5.41) is 13.2. The van der Waals surface area contributed by atoms with E-state index in [-0.39, 0.29) is 5.75 Å². The van der Waals surface area contributed by atoms with Crippen LogP contribution in [0, 0.1) is 5.92 Å². The molecule has 0 saturated carbocycles. The van der Waals surface area contributed by atoms with E-state index in [1.807, 2.05) is 33.0 Å². The molecule has 0 spiro atoms. The molecule has 1 heterocycles. The fraction of sp³-hybridized carbons (Fsp3) is 0.577. The number of benzene rings is 1. The highest BCUT2D eigenvalue weighted by molar-refractivity contribution is 6.02. The second-order valence-corrected chi connectivity index (χ2v) is 8.71. The van der Waals surface area contributed by atoms with E-state index in [9.17, 15) is 5.11 Å². The van der Waals surface area contributed by atoms with Crippen molar-refractivity contribution in [1.29, 1.82) is 0 Å². The minimum Gasteiger partial charge on any atom is -0.508 e. The first-order valence-corrected chi connectivity index (χ1v) is 11.9. The average Bonchev–Trinajstić information content (AvgIpc) is 2.80. The third kappa shape index (κ3) is 7.59. The molecule has 6 nitrogen and oxygen atoms in total. The molecule has 1 aromatic rings. The van der Waals surface area contributed by atoms with Crippen LogP contribution in [-0.4, -0.2) is 55.2 Å². The summed E-state index contributed by atoms with van der Waals surface area (Å²) >= 11 is 0. The van der Waals surface area contributed by atoms with Gasteiger partial charge < -0.3 is 25.8 Å². The van der Waals surface area contributed by atoms with Crippen molar-refractivity contribution in [3.8, 4) is 11.5 Å². The Hall–Kier alpha value is -2.47. The second-order valence-electron chi connectivity index (χ2n) is 8.71. The fourth-order valence-corrected chi connectivity index (χ4v) is 4.26. The van der Waals surface area contributed by atoms with Gasteiger partial charge in [0.15, 0.2) is 0 Å². The molecule has 1 atom stereocenters. The zero-order chi connectivity index (χ0) is 23.5. The van der Waals surface area contributed by atoms with Gasteiger partial charge in [0, 0.05) is 49.9 Å². The predicted octanol–water partition coefficient (Wildman–Crippen LogP) is 4.47. The number of hydrogen-bond acceptors (Lipinski definition) is 5. The molecule has 178 valence electrons. The van der Waals surface area contributed by atoms with Crippen LogP contribution < -0.4 is 15.8 Å². The quantitative estimate of drug-likeness (QED) is 0.283.